The number of anilines is 1. The second-order valence-electron chi connectivity index (χ2n) is 6.97. The van der Waals surface area contributed by atoms with Crippen LogP contribution in [0.15, 0.2) is 71.2 Å². The molecule has 0 spiro atoms. The molecule has 0 bridgehead atoms. The molecule has 1 aromatic heterocycles. The molecule has 0 atom stereocenters. The number of benzene rings is 3. The standard InChI is InChI=1S/C23H20BrN3/c24-17-11-13-18(14-12-17)27-23-21(9-3-4-15-25-23)22(26-27)20-10-5-7-16-6-1-2-8-19(16)20/h1-2,5-8,10-14,25H,3-4,9,15H2. The summed E-state index contributed by atoms with van der Waals surface area (Å²) in [6.45, 7) is 0.990. The lowest BCUT2D eigenvalue weighted by atomic mass is 9.98. The van der Waals surface area contributed by atoms with Crippen LogP contribution in [0.3, 0.4) is 0 Å². The molecule has 0 saturated carbocycles. The molecule has 1 N–H and O–H groups in total. The van der Waals surface area contributed by atoms with Crippen molar-refractivity contribution in [1.29, 1.82) is 0 Å². The second kappa shape index (κ2) is 6.86. The Hall–Kier alpha value is -2.59. The van der Waals surface area contributed by atoms with Crippen LogP contribution in [0.4, 0.5) is 5.82 Å². The van der Waals surface area contributed by atoms with E-state index in [1.54, 1.807) is 0 Å². The summed E-state index contributed by atoms with van der Waals surface area (Å²) in [5.74, 6) is 1.14. The summed E-state index contributed by atoms with van der Waals surface area (Å²) in [5.41, 5.74) is 4.71. The molecule has 0 saturated heterocycles. The molecule has 5 rings (SSSR count). The van der Waals surface area contributed by atoms with Gasteiger partial charge in [0.15, 0.2) is 0 Å². The number of hydrogen-bond acceptors (Lipinski definition) is 2. The van der Waals surface area contributed by atoms with Gasteiger partial charge in [0, 0.05) is 22.1 Å². The first-order valence-corrected chi connectivity index (χ1v) is 10.2. The van der Waals surface area contributed by atoms with E-state index in [9.17, 15) is 0 Å². The predicted octanol–water partition coefficient (Wildman–Crippen LogP) is 6.20. The Kier molecular flexibility index (Phi) is 4.21. The number of rotatable bonds is 2. The molecule has 0 amide bonds. The van der Waals surface area contributed by atoms with Crippen molar-refractivity contribution in [3.63, 3.8) is 0 Å². The number of halogens is 1. The molecule has 4 heteroatoms. The van der Waals surface area contributed by atoms with Crippen molar-refractivity contribution in [2.75, 3.05) is 11.9 Å². The third kappa shape index (κ3) is 2.94. The third-order valence-electron chi connectivity index (χ3n) is 5.25. The molecular weight excluding hydrogens is 398 g/mol. The van der Waals surface area contributed by atoms with Crippen molar-refractivity contribution in [3.8, 4) is 16.9 Å². The fourth-order valence-corrected chi connectivity index (χ4v) is 4.18. The molecule has 2 heterocycles. The maximum atomic E-state index is 5.09. The first-order chi connectivity index (χ1) is 13.3. The highest BCUT2D eigenvalue weighted by Crippen LogP contribution is 2.37. The molecule has 3 aromatic carbocycles. The number of nitrogens with zero attached hydrogens (tertiary/aromatic N) is 2. The summed E-state index contributed by atoms with van der Waals surface area (Å²) in [6, 6.07) is 23.4. The van der Waals surface area contributed by atoms with Crippen LogP contribution in [0.1, 0.15) is 18.4 Å². The minimum absolute atomic E-state index is 0.990. The molecule has 1 aliphatic heterocycles. The van der Waals surface area contributed by atoms with Gasteiger partial charge in [-0.2, -0.15) is 5.10 Å². The number of hydrogen-bond donors (Lipinski definition) is 1. The molecule has 3 nitrogen and oxygen atoms in total. The van der Waals surface area contributed by atoms with E-state index in [-0.39, 0.29) is 0 Å². The number of nitrogens with one attached hydrogen (secondary N) is 1. The highest BCUT2D eigenvalue weighted by atomic mass is 79.9. The SMILES string of the molecule is Brc1ccc(-n2nc(-c3cccc4ccccc34)c3c2NCCCC3)cc1. The molecule has 134 valence electrons. The van der Waals surface area contributed by atoms with Gasteiger partial charge in [-0.15, -0.1) is 0 Å². The Morgan fingerprint density at radius 3 is 2.59 bits per heavy atom. The average molecular weight is 418 g/mol. The molecule has 0 radical (unpaired) electrons. The quantitative estimate of drug-likeness (QED) is 0.420. The Labute approximate surface area is 167 Å². The Balaban J connectivity index is 1.76. The summed E-state index contributed by atoms with van der Waals surface area (Å²) in [5, 5.41) is 11.2. The molecule has 0 fully saturated rings. The van der Waals surface area contributed by atoms with E-state index in [1.807, 2.05) is 0 Å². The molecule has 4 aromatic rings. The van der Waals surface area contributed by atoms with Gasteiger partial charge in [0.25, 0.3) is 0 Å². The van der Waals surface area contributed by atoms with E-state index in [2.05, 4.69) is 92.7 Å². The van der Waals surface area contributed by atoms with Crippen LogP contribution in [0.5, 0.6) is 0 Å². The minimum atomic E-state index is 0.990. The second-order valence-corrected chi connectivity index (χ2v) is 7.89. The molecule has 1 aliphatic rings. The van der Waals surface area contributed by atoms with E-state index in [0.29, 0.717) is 0 Å². The fourth-order valence-electron chi connectivity index (χ4n) is 3.92. The van der Waals surface area contributed by atoms with Gasteiger partial charge in [0.05, 0.1) is 11.4 Å². The maximum Gasteiger partial charge on any atom is 0.133 e. The Morgan fingerprint density at radius 2 is 1.70 bits per heavy atom. The zero-order valence-electron chi connectivity index (χ0n) is 15.0. The van der Waals surface area contributed by atoms with Crippen molar-refractivity contribution in [3.05, 3.63) is 76.8 Å². The van der Waals surface area contributed by atoms with Crippen LogP contribution >= 0.6 is 15.9 Å². The van der Waals surface area contributed by atoms with Gasteiger partial charge < -0.3 is 5.32 Å². The van der Waals surface area contributed by atoms with Crippen molar-refractivity contribution in [2.45, 2.75) is 19.3 Å². The van der Waals surface area contributed by atoms with E-state index < -0.39 is 0 Å². The largest absolute Gasteiger partial charge is 0.370 e. The lowest BCUT2D eigenvalue weighted by molar-refractivity contribution is 0.780. The van der Waals surface area contributed by atoms with E-state index >= 15 is 0 Å². The van der Waals surface area contributed by atoms with Crippen LogP contribution in [0, 0.1) is 0 Å². The predicted molar refractivity (Wildman–Crippen MR) is 116 cm³/mol. The first-order valence-electron chi connectivity index (χ1n) is 9.41. The van der Waals surface area contributed by atoms with Crippen molar-refractivity contribution in [2.24, 2.45) is 0 Å². The highest BCUT2D eigenvalue weighted by molar-refractivity contribution is 9.10. The first kappa shape index (κ1) is 16.6. The normalized spacial score (nSPS) is 13.8. The van der Waals surface area contributed by atoms with Gasteiger partial charge in [-0.3, -0.25) is 0 Å². The zero-order chi connectivity index (χ0) is 18.2. The molecule has 0 aliphatic carbocycles. The van der Waals surface area contributed by atoms with Crippen molar-refractivity contribution in [1.82, 2.24) is 9.78 Å². The maximum absolute atomic E-state index is 5.09. The molecule has 0 unspecified atom stereocenters. The summed E-state index contributed by atoms with van der Waals surface area (Å²) in [6.07, 6.45) is 3.42. The summed E-state index contributed by atoms with van der Waals surface area (Å²) in [4.78, 5) is 0. The smallest absolute Gasteiger partial charge is 0.133 e. The van der Waals surface area contributed by atoms with E-state index in [1.165, 1.54) is 34.7 Å². The van der Waals surface area contributed by atoms with Gasteiger partial charge in [-0.25, -0.2) is 4.68 Å². The van der Waals surface area contributed by atoms with Crippen LogP contribution in [-0.4, -0.2) is 16.3 Å². The zero-order valence-corrected chi connectivity index (χ0v) is 16.5. The number of aromatic nitrogens is 2. The van der Waals surface area contributed by atoms with Crippen LogP contribution in [0.2, 0.25) is 0 Å². The van der Waals surface area contributed by atoms with Crippen LogP contribution < -0.4 is 5.32 Å². The van der Waals surface area contributed by atoms with Crippen LogP contribution in [-0.2, 0) is 6.42 Å². The lowest BCUT2D eigenvalue weighted by Crippen LogP contribution is -2.07. The lowest BCUT2D eigenvalue weighted by Gasteiger charge is -2.09. The third-order valence-corrected chi connectivity index (χ3v) is 5.77. The minimum Gasteiger partial charge on any atom is -0.370 e. The van der Waals surface area contributed by atoms with Gasteiger partial charge >= 0.3 is 0 Å². The Bertz CT molecular complexity index is 1110. The van der Waals surface area contributed by atoms with Crippen LogP contribution in [0.25, 0.3) is 27.7 Å². The summed E-state index contributed by atoms with van der Waals surface area (Å²) in [7, 11) is 0. The summed E-state index contributed by atoms with van der Waals surface area (Å²) >= 11 is 3.53. The van der Waals surface area contributed by atoms with Crippen molar-refractivity contribution >= 4 is 32.5 Å². The Morgan fingerprint density at radius 1 is 0.889 bits per heavy atom. The van der Waals surface area contributed by atoms with Gasteiger partial charge in [-0.05, 0) is 54.3 Å². The average Bonchev–Trinajstić information content (AvgIpc) is 2.89. The van der Waals surface area contributed by atoms with E-state index in [0.717, 1.165) is 34.6 Å². The van der Waals surface area contributed by atoms with Gasteiger partial charge in [-0.1, -0.05) is 58.4 Å². The fraction of sp³-hybridized carbons (Fsp3) is 0.174. The summed E-state index contributed by atoms with van der Waals surface area (Å²) < 4.78 is 3.15. The van der Waals surface area contributed by atoms with E-state index in [4.69, 9.17) is 5.10 Å². The number of fused-ring (bicyclic) bond motifs is 2. The van der Waals surface area contributed by atoms with Gasteiger partial charge in [0.2, 0.25) is 0 Å². The van der Waals surface area contributed by atoms with Gasteiger partial charge in [0.1, 0.15) is 5.82 Å². The molecular formula is C23H20BrN3. The topological polar surface area (TPSA) is 29.9 Å². The monoisotopic (exact) mass is 417 g/mol. The molecule has 27 heavy (non-hydrogen) atoms. The highest BCUT2D eigenvalue weighted by Gasteiger charge is 2.22. The van der Waals surface area contributed by atoms with Crippen molar-refractivity contribution < 1.29 is 0 Å².